The lowest BCUT2D eigenvalue weighted by atomic mass is 10.2. The lowest BCUT2D eigenvalue weighted by Crippen LogP contribution is -2.41. The van der Waals surface area contributed by atoms with E-state index in [1.54, 1.807) is 29.0 Å². The molecule has 0 aliphatic rings. The summed E-state index contributed by atoms with van der Waals surface area (Å²) in [5, 5.41) is 4.86. The summed E-state index contributed by atoms with van der Waals surface area (Å²) in [5.41, 5.74) is 6.22. The van der Waals surface area contributed by atoms with Gasteiger partial charge in [0.05, 0.1) is 5.69 Å². The van der Waals surface area contributed by atoms with E-state index in [1.165, 1.54) is 12.3 Å². The van der Waals surface area contributed by atoms with Gasteiger partial charge in [0, 0.05) is 24.4 Å². The Morgan fingerprint density at radius 1 is 1.32 bits per heavy atom. The molecule has 0 unspecified atom stereocenters. The highest BCUT2D eigenvalue weighted by Gasteiger charge is 2.11. The predicted octanol–water partition coefficient (Wildman–Crippen LogP) is 2.51. The lowest BCUT2D eigenvalue weighted by Gasteiger charge is -2.04. The van der Waals surface area contributed by atoms with Gasteiger partial charge in [-0.1, -0.05) is 31.0 Å². The Morgan fingerprint density at radius 3 is 2.80 bits per heavy atom. The number of hydrogen-bond donors (Lipinski definition) is 2. The fraction of sp³-hybridized carbons (Fsp3) is 0.294. The van der Waals surface area contributed by atoms with Crippen molar-refractivity contribution in [3.8, 4) is 0 Å². The van der Waals surface area contributed by atoms with Crippen molar-refractivity contribution < 1.29 is 9.59 Å². The Labute approximate surface area is 151 Å². The third-order valence-electron chi connectivity index (χ3n) is 3.43. The first-order valence-corrected chi connectivity index (χ1v) is 8.33. The number of halogens is 1. The number of hydrogen-bond acceptors (Lipinski definition) is 4. The summed E-state index contributed by atoms with van der Waals surface area (Å²) >= 11 is 6.30. The van der Waals surface area contributed by atoms with Gasteiger partial charge in [-0.05, 0) is 31.6 Å². The zero-order chi connectivity index (χ0) is 18.2. The molecule has 2 heterocycles. The summed E-state index contributed by atoms with van der Waals surface area (Å²) in [7, 11) is 0. The van der Waals surface area contributed by atoms with Gasteiger partial charge >= 0.3 is 0 Å². The van der Waals surface area contributed by atoms with E-state index < -0.39 is 11.8 Å². The molecule has 2 rings (SSSR count). The number of carbonyl (C=O) groups excluding carboxylic acids is 2. The van der Waals surface area contributed by atoms with E-state index in [9.17, 15) is 9.59 Å². The van der Waals surface area contributed by atoms with Crippen molar-refractivity contribution in [3.63, 3.8) is 0 Å². The van der Waals surface area contributed by atoms with E-state index in [2.05, 4.69) is 27.9 Å². The molecule has 0 radical (unpaired) electrons. The first-order valence-electron chi connectivity index (χ1n) is 7.95. The van der Waals surface area contributed by atoms with Gasteiger partial charge in [0.1, 0.15) is 10.8 Å². The highest BCUT2D eigenvalue weighted by molar-refractivity contribution is 6.31. The van der Waals surface area contributed by atoms with Crippen LogP contribution in [0.1, 0.15) is 41.5 Å². The Hall–Kier alpha value is -2.67. The minimum atomic E-state index is -0.496. The van der Waals surface area contributed by atoms with E-state index in [0.29, 0.717) is 10.7 Å². The Balaban J connectivity index is 1.94. The van der Waals surface area contributed by atoms with E-state index in [0.717, 1.165) is 25.1 Å². The Morgan fingerprint density at radius 2 is 2.12 bits per heavy atom. The molecule has 132 valence electrons. The second kappa shape index (κ2) is 8.98. The fourth-order valence-corrected chi connectivity index (χ4v) is 2.41. The van der Waals surface area contributed by atoms with Gasteiger partial charge in [-0.3, -0.25) is 30.1 Å². The summed E-state index contributed by atoms with van der Waals surface area (Å²) in [6, 6.07) is 4.93. The molecule has 0 saturated carbocycles. The number of aryl methyl sites for hydroxylation is 2. The molecular weight excluding hydrogens is 342 g/mol. The normalized spacial score (nSPS) is 10.8. The fourth-order valence-electron chi connectivity index (χ4n) is 2.09. The summed E-state index contributed by atoms with van der Waals surface area (Å²) in [6.45, 7) is 4.65. The summed E-state index contributed by atoms with van der Waals surface area (Å²) < 4.78 is 1.72. The molecule has 8 heteroatoms. The Bertz CT molecular complexity index is 771. The van der Waals surface area contributed by atoms with Crippen LogP contribution in [-0.4, -0.2) is 26.6 Å². The van der Waals surface area contributed by atoms with E-state index in [1.807, 2.05) is 6.92 Å². The SMILES string of the molecule is CCCCn1nc(C)c(/C=C/C(=O)NNC(=O)c2ccccn2)c1Cl. The molecule has 0 aliphatic carbocycles. The van der Waals surface area contributed by atoms with Crippen LogP contribution in [0.5, 0.6) is 0 Å². The predicted molar refractivity (Wildman–Crippen MR) is 95.8 cm³/mol. The minimum absolute atomic E-state index is 0.211. The molecule has 0 aromatic carbocycles. The van der Waals surface area contributed by atoms with E-state index >= 15 is 0 Å². The van der Waals surface area contributed by atoms with Crippen molar-refractivity contribution >= 4 is 29.5 Å². The number of nitrogens with one attached hydrogen (secondary N) is 2. The van der Waals surface area contributed by atoms with E-state index in [-0.39, 0.29) is 5.69 Å². The van der Waals surface area contributed by atoms with Gasteiger partial charge in [0.15, 0.2) is 0 Å². The second-order valence-corrected chi connectivity index (χ2v) is 5.72. The monoisotopic (exact) mass is 361 g/mol. The zero-order valence-electron chi connectivity index (χ0n) is 14.1. The lowest BCUT2D eigenvalue weighted by molar-refractivity contribution is -0.117. The van der Waals surface area contributed by atoms with Gasteiger partial charge < -0.3 is 0 Å². The van der Waals surface area contributed by atoms with Crippen LogP contribution in [0.15, 0.2) is 30.5 Å². The molecule has 2 amide bonds. The van der Waals surface area contributed by atoms with Crippen molar-refractivity contribution in [2.75, 3.05) is 0 Å². The van der Waals surface area contributed by atoms with Crippen molar-refractivity contribution in [3.05, 3.63) is 52.6 Å². The van der Waals surface area contributed by atoms with Crippen LogP contribution in [0.4, 0.5) is 0 Å². The smallest absolute Gasteiger partial charge is 0.268 e. The third kappa shape index (κ3) is 5.15. The molecule has 0 aliphatic heterocycles. The molecule has 2 aromatic heterocycles. The van der Waals surface area contributed by atoms with Crippen molar-refractivity contribution in [1.82, 2.24) is 25.6 Å². The van der Waals surface area contributed by atoms with Crippen molar-refractivity contribution in [1.29, 1.82) is 0 Å². The molecule has 2 aromatic rings. The molecule has 2 N–H and O–H groups in total. The van der Waals surface area contributed by atoms with Gasteiger partial charge in [-0.15, -0.1) is 0 Å². The maximum Gasteiger partial charge on any atom is 0.288 e. The number of pyridine rings is 1. The molecule has 0 bridgehead atoms. The van der Waals surface area contributed by atoms with Crippen LogP contribution in [0, 0.1) is 6.92 Å². The highest BCUT2D eigenvalue weighted by atomic mass is 35.5. The number of aromatic nitrogens is 3. The first-order chi connectivity index (χ1) is 12.0. The number of unbranched alkanes of at least 4 members (excludes halogenated alkanes) is 1. The topological polar surface area (TPSA) is 88.9 Å². The molecule has 7 nitrogen and oxygen atoms in total. The van der Waals surface area contributed by atoms with Gasteiger partial charge in [-0.2, -0.15) is 5.10 Å². The molecular formula is C17H20ClN5O2. The van der Waals surface area contributed by atoms with Crippen LogP contribution in [0.3, 0.4) is 0 Å². The molecule has 0 saturated heterocycles. The van der Waals surface area contributed by atoms with E-state index in [4.69, 9.17) is 11.6 Å². The highest BCUT2D eigenvalue weighted by Crippen LogP contribution is 2.21. The zero-order valence-corrected chi connectivity index (χ0v) is 14.9. The molecule has 0 atom stereocenters. The van der Waals surface area contributed by atoms with Crippen LogP contribution >= 0.6 is 11.6 Å². The van der Waals surface area contributed by atoms with Crippen LogP contribution < -0.4 is 10.9 Å². The molecule has 0 fully saturated rings. The van der Waals surface area contributed by atoms with Gasteiger partial charge in [0.25, 0.3) is 11.8 Å². The average molecular weight is 362 g/mol. The second-order valence-electron chi connectivity index (χ2n) is 5.36. The summed E-state index contributed by atoms with van der Waals surface area (Å²) in [6.07, 6.45) is 6.38. The van der Waals surface area contributed by atoms with Gasteiger partial charge in [-0.25, -0.2) is 0 Å². The Kier molecular flexibility index (Phi) is 6.71. The van der Waals surface area contributed by atoms with Crippen LogP contribution in [0.2, 0.25) is 5.15 Å². The minimum Gasteiger partial charge on any atom is -0.268 e. The number of carbonyl (C=O) groups is 2. The average Bonchev–Trinajstić information content (AvgIpc) is 2.90. The van der Waals surface area contributed by atoms with Crippen LogP contribution in [0.25, 0.3) is 6.08 Å². The van der Waals surface area contributed by atoms with Gasteiger partial charge in [0.2, 0.25) is 0 Å². The molecule has 0 spiro atoms. The summed E-state index contributed by atoms with van der Waals surface area (Å²) in [5.74, 6) is -0.981. The molecule has 25 heavy (non-hydrogen) atoms. The number of amides is 2. The first kappa shape index (κ1) is 18.7. The maximum absolute atomic E-state index is 11.9. The summed E-state index contributed by atoms with van der Waals surface area (Å²) in [4.78, 5) is 27.5. The largest absolute Gasteiger partial charge is 0.288 e. The quantitative estimate of drug-likeness (QED) is 0.611. The third-order valence-corrected chi connectivity index (χ3v) is 3.83. The standard InChI is InChI=1S/C17H20ClN5O2/c1-3-4-11-23-16(18)13(12(2)22-23)8-9-15(24)20-21-17(25)14-7-5-6-10-19-14/h5-10H,3-4,11H2,1-2H3,(H,20,24)(H,21,25)/b9-8+. The van der Waals surface area contributed by atoms with Crippen LogP contribution in [-0.2, 0) is 11.3 Å². The maximum atomic E-state index is 11.9. The number of nitrogens with zero attached hydrogens (tertiary/aromatic N) is 3. The van der Waals surface area contributed by atoms with Crippen molar-refractivity contribution in [2.24, 2.45) is 0 Å². The van der Waals surface area contributed by atoms with Crippen molar-refractivity contribution in [2.45, 2.75) is 33.2 Å². The number of hydrazine groups is 1. The number of rotatable bonds is 6.